The van der Waals surface area contributed by atoms with Crippen molar-refractivity contribution in [3.8, 4) is 0 Å². The Morgan fingerprint density at radius 1 is 1.40 bits per heavy atom. The summed E-state index contributed by atoms with van der Waals surface area (Å²) in [7, 11) is 0. The van der Waals surface area contributed by atoms with Crippen molar-refractivity contribution < 1.29 is 9.18 Å². The summed E-state index contributed by atoms with van der Waals surface area (Å²) in [6, 6.07) is 5.57. The second-order valence-electron chi connectivity index (χ2n) is 4.26. The maximum atomic E-state index is 13.7. The molecule has 5 N–H and O–H groups in total. The molecule has 0 saturated heterocycles. The Bertz CT molecular complexity index is 742. The van der Waals surface area contributed by atoms with Gasteiger partial charge in [-0.3, -0.25) is 10.2 Å². The highest BCUT2D eigenvalue weighted by Gasteiger charge is 2.10. The summed E-state index contributed by atoms with van der Waals surface area (Å²) in [5.41, 5.74) is 11.1. The Morgan fingerprint density at radius 3 is 2.70 bits per heavy atom. The van der Waals surface area contributed by atoms with Gasteiger partial charge in [0.15, 0.2) is 0 Å². The summed E-state index contributed by atoms with van der Waals surface area (Å²) in [5.74, 6) is -1.25. The molecule has 0 aliphatic rings. The molecule has 1 aromatic heterocycles. The van der Waals surface area contributed by atoms with Gasteiger partial charge in [-0.05, 0) is 18.2 Å². The minimum absolute atomic E-state index is 0.0200. The largest absolute Gasteiger partial charge is 0.399 e. The molecule has 0 unspecified atom stereocenters. The average Bonchev–Trinajstić information content (AvgIpc) is 2.36. The minimum atomic E-state index is -0.760. The van der Waals surface area contributed by atoms with E-state index in [1.165, 1.54) is 29.0 Å². The molecular formula is C13H12ClFN4O. The van der Waals surface area contributed by atoms with Crippen LogP contribution in [0.5, 0.6) is 0 Å². The van der Waals surface area contributed by atoms with E-state index in [1.807, 2.05) is 0 Å². The van der Waals surface area contributed by atoms with Crippen LogP contribution in [0.25, 0.3) is 0 Å². The van der Waals surface area contributed by atoms with Gasteiger partial charge in [-0.15, -0.1) is 0 Å². The van der Waals surface area contributed by atoms with Crippen LogP contribution in [-0.2, 0) is 6.54 Å². The molecule has 0 spiro atoms. The van der Waals surface area contributed by atoms with E-state index in [2.05, 4.69) is 0 Å². The van der Waals surface area contributed by atoms with Crippen LogP contribution in [0.2, 0.25) is 5.02 Å². The summed E-state index contributed by atoms with van der Waals surface area (Å²) in [5, 5.41) is 8.13. The van der Waals surface area contributed by atoms with Gasteiger partial charge in [0.25, 0.3) is 5.91 Å². The van der Waals surface area contributed by atoms with E-state index in [0.29, 0.717) is 11.3 Å². The highest BCUT2D eigenvalue weighted by Crippen LogP contribution is 2.14. The molecule has 0 saturated carbocycles. The standard InChI is InChI=1S/C13H12ClFN4O/c14-8-3-10(13(18)20)12(17)19(6-8)5-7-1-2-9(16)4-11(7)15/h1-4,6,17H,5,16H2,(H2,18,20). The van der Waals surface area contributed by atoms with Crippen molar-refractivity contribution in [3.63, 3.8) is 0 Å². The number of hydrogen-bond acceptors (Lipinski definition) is 3. The molecule has 0 aliphatic heterocycles. The molecule has 1 heterocycles. The number of anilines is 1. The van der Waals surface area contributed by atoms with Gasteiger partial charge in [-0.2, -0.15) is 0 Å². The summed E-state index contributed by atoms with van der Waals surface area (Å²) in [4.78, 5) is 11.2. The van der Waals surface area contributed by atoms with Gasteiger partial charge in [0.1, 0.15) is 11.3 Å². The number of pyridine rings is 1. The van der Waals surface area contributed by atoms with Crippen molar-refractivity contribution >= 4 is 23.2 Å². The van der Waals surface area contributed by atoms with Crippen LogP contribution in [0.4, 0.5) is 10.1 Å². The molecule has 2 rings (SSSR count). The number of nitrogens with two attached hydrogens (primary N) is 2. The fourth-order valence-corrected chi connectivity index (χ4v) is 2.03. The first kappa shape index (κ1) is 14.1. The van der Waals surface area contributed by atoms with Gasteiger partial charge in [0.2, 0.25) is 0 Å². The zero-order valence-corrected chi connectivity index (χ0v) is 11.1. The molecular weight excluding hydrogens is 283 g/mol. The fraction of sp³-hybridized carbons (Fsp3) is 0.0769. The molecule has 7 heteroatoms. The number of nitrogen functional groups attached to an aromatic ring is 1. The third-order valence-electron chi connectivity index (χ3n) is 2.79. The number of aromatic nitrogens is 1. The molecule has 1 amide bonds. The van der Waals surface area contributed by atoms with E-state index in [1.54, 1.807) is 6.07 Å². The number of rotatable bonds is 3. The fourth-order valence-electron chi connectivity index (χ4n) is 1.80. The van der Waals surface area contributed by atoms with Crippen molar-refractivity contribution in [2.24, 2.45) is 5.73 Å². The van der Waals surface area contributed by atoms with E-state index >= 15 is 0 Å². The topological polar surface area (TPSA) is 97.9 Å². The van der Waals surface area contributed by atoms with Crippen LogP contribution in [0.15, 0.2) is 30.5 Å². The van der Waals surface area contributed by atoms with Crippen molar-refractivity contribution in [1.29, 1.82) is 5.41 Å². The maximum absolute atomic E-state index is 13.7. The highest BCUT2D eigenvalue weighted by atomic mass is 35.5. The van der Waals surface area contributed by atoms with E-state index in [0.717, 1.165) is 0 Å². The van der Waals surface area contributed by atoms with Gasteiger partial charge in [-0.25, -0.2) is 4.39 Å². The van der Waals surface area contributed by atoms with Crippen LogP contribution in [-0.4, -0.2) is 10.5 Å². The first-order chi connectivity index (χ1) is 9.38. The third kappa shape index (κ3) is 2.80. The minimum Gasteiger partial charge on any atom is -0.399 e. The lowest BCUT2D eigenvalue weighted by Crippen LogP contribution is -2.30. The predicted octanol–water partition coefficient (Wildman–Crippen LogP) is 1.49. The van der Waals surface area contributed by atoms with Crippen molar-refractivity contribution in [1.82, 2.24) is 4.57 Å². The van der Waals surface area contributed by atoms with Gasteiger partial charge < -0.3 is 16.0 Å². The molecule has 0 bridgehead atoms. The monoisotopic (exact) mass is 294 g/mol. The maximum Gasteiger partial charge on any atom is 0.252 e. The molecule has 0 fully saturated rings. The summed E-state index contributed by atoms with van der Waals surface area (Å²) in [6.45, 7) is 0.0474. The van der Waals surface area contributed by atoms with E-state index in [-0.39, 0.29) is 22.6 Å². The molecule has 5 nitrogen and oxygen atoms in total. The number of carbonyl (C=O) groups is 1. The van der Waals surface area contributed by atoms with Crippen LogP contribution in [0.1, 0.15) is 15.9 Å². The van der Waals surface area contributed by atoms with E-state index < -0.39 is 11.7 Å². The Hall–Kier alpha value is -2.34. The molecule has 1 aromatic carbocycles. The molecule has 0 atom stereocenters. The van der Waals surface area contributed by atoms with E-state index in [4.69, 9.17) is 28.5 Å². The number of nitrogens with one attached hydrogen (secondary N) is 1. The number of benzene rings is 1. The van der Waals surface area contributed by atoms with Gasteiger partial charge >= 0.3 is 0 Å². The Morgan fingerprint density at radius 2 is 2.10 bits per heavy atom. The summed E-state index contributed by atoms with van der Waals surface area (Å²) in [6.07, 6.45) is 1.44. The predicted molar refractivity (Wildman–Crippen MR) is 73.7 cm³/mol. The number of amides is 1. The second-order valence-corrected chi connectivity index (χ2v) is 4.70. The van der Waals surface area contributed by atoms with Crippen molar-refractivity contribution in [2.45, 2.75) is 6.54 Å². The van der Waals surface area contributed by atoms with Gasteiger partial charge in [0, 0.05) is 17.4 Å². The number of carbonyl (C=O) groups excluding carboxylic acids is 1. The highest BCUT2D eigenvalue weighted by molar-refractivity contribution is 6.30. The number of nitrogens with zero attached hydrogens (tertiary/aromatic N) is 1. The lowest BCUT2D eigenvalue weighted by atomic mass is 10.2. The smallest absolute Gasteiger partial charge is 0.252 e. The Balaban J connectivity index is 2.48. The van der Waals surface area contributed by atoms with Gasteiger partial charge in [-0.1, -0.05) is 17.7 Å². The molecule has 0 aliphatic carbocycles. The lowest BCUT2D eigenvalue weighted by Gasteiger charge is -2.11. The normalized spacial score (nSPS) is 10.5. The van der Waals surface area contributed by atoms with Crippen LogP contribution >= 0.6 is 11.6 Å². The van der Waals surface area contributed by atoms with E-state index in [9.17, 15) is 9.18 Å². The van der Waals surface area contributed by atoms with Crippen LogP contribution in [0.3, 0.4) is 0 Å². The first-order valence-electron chi connectivity index (χ1n) is 5.67. The van der Waals surface area contributed by atoms with Crippen LogP contribution < -0.4 is 17.0 Å². The number of primary amides is 1. The molecule has 2 aromatic rings. The number of halogens is 2. The molecule has 0 radical (unpaired) electrons. The second kappa shape index (κ2) is 5.34. The number of hydrogen-bond donors (Lipinski definition) is 3. The Labute approximate surface area is 119 Å². The zero-order chi connectivity index (χ0) is 14.9. The summed E-state index contributed by atoms with van der Waals surface area (Å²) >= 11 is 5.87. The summed E-state index contributed by atoms with van der Waals surface area (Å²) < 4.78 is 15.1. The van der Waals surface area contributed by atoms with Crippen LogP contribution in [0, 0.1) is 11.2 Å². The first-order valence-corrected chi connectivity index (χ1v) is 6.04. The SMILES string of the molecule is N=c1c(C(N)=O)cc(Cl)cn1Cc1ccc(N)cc1F. The van der Waals surface area contributed by atoms with Gasteiger partial charge in [0.05, 0.1) is 17.1 Å². The quantitative estimate of drug-likeness (QED) is 0.747. The van der Waals surface area contributed by atoms with Crippen molar-refractivity contribution in [2.75, 3.05) is 5.73 Å². The lowest BCUT2D eigenvalue weighted by molar-refractivity contribution is 0.0998. The molecule has 104 valence electrons. The molecule has 20 heavy (non-hydrogen) atoms. The van der Waals surface area contributed by atoms with Crippen molar-refractivity contribution in [3.05, 3.63) is 57.9 Å². The Kier molecular flexibility index (Phi) is 3.76. The third-order valence-corrected chi connectivity index (χ3v) is 2.99. The average molecular weight is 295 g/mol. The zero-order valence-electron chi connectivity index (χ0n) is 10.4.